The van der Waals surface area contributed by atoms with E-state index in [1.54, 1.807) is 31.3 Å². The molecule has 4 amide bonds. The smallest absolute Gasteiger partial charge is 0.317 e. The summed E-state index contributed by atoms with van der Waals surface area (Å²) in [6.07, 6.45) is 4.57. The molecule has 0 aliphatic rings. The number of unbranched alkanes of at least 4 members (excludes halogenated alkanes) is 3. The number of carbonyl (C=O) groups is 3. The first-order valence-electron chi connectivity index (χ1n) is 11.3. The van der Waals surface area contributed by atoms with Crippen LogP contribution >= 0.6 is 0 Å². The molecule has 0 saturated carbocycles. The first kappa shape index (κ1) is 25.7. The number of urea groups is 1. The topological polar surface area (TPSA) is 99.8 Å². The second kappa shape index (κ2) is 14.5. The van der Waals surface area contributed by atoms with Crippen LogP contribution in [0.3, 0.4) is 0 Å². The van der Waals surface area contributed by atoms with Crippen LogP contribution < -0.4 is 20.9 Å². The maximum atomic E-state index is 12.2. The van der Waals surface area contributed by atoms with E-state index in [2.05, 4.69) is 23.1 Å². The van der Waals surface area contributed by atoms with Crippen molar-refractivity contribution >= 4 is 17.8 Å². The van der Waals surface area contributed by atoms with Crippen molar-refractivity contribution in [3.63, 3.8) is 0 Å². The van der Waals surface area contributed by atoms with Crippen molar-refractivity contribution in [2.75, 3.05) is 20.2 Å². The largest absolute Gasteiger partial charge is 0.494 e. The average molecular weight is 455 g/mol. The molecule has 0 bridgehead atoms. The van der Waals surface area contributed by atoms with Gasteiger partial charge >= 0.3 is 6.03 Å². The quantitative estimate of drug-likeness (QED) is 0.337. The second-order valence-corrected chi connectivity index (χ2v) is 7.76. The van der Waals surface area contributed by atoms with Gasteiger partial charge in [0.25, 0.3) is 5.91 Å². The fourth-order valence-corrected chi connectivity index (χ4v) is 3.03. The summed E-state index contributed by atoms with van der Waals surface area (Å²) >= 11 is 0. The maximum absolute atomic E-state index is 12.2. The molecule has 0 saturated heterocycles. The lowest BCUT2D eigenvalue weighted by atomic mass is 10.2. The van der Waals surface area contributed by atoms with Gasteiger partial charge in [-0.2, -0.15) is 0 Å². The predicted molar refractivity (Wildman–Crippen MR) is 128 cm³/mol. The van der Waals surface area contributed by atoms with Crippen LogP contribution in [-0.4, -0.2) is 42.9 Å². The van der Waals surface area contributed by atoms with Crippen molar-refractivity contribution in [1.82, 2.24) is 21.1 Å². The Morgan fingerprint density at radius 2 is 1.64 bits per heavy atom. The normalized spacial score (nSPS) is 10.2. The van der Waals surface area contributed by atoms with Gasteiger partial charge in [-0.15, -0.1) is 0 Å². The van der Waals surface area contributed by atoms with Crippen LogP contribution in [0.2, 0.25) is 0 Å². The summed E-state index contributed by atoms with van der Waals surface area (Å²) in [5.74, 6) is -0.120. The number of hydrogen-bond acceptors (Lipinski definition) is 4. The number of hydrogen-bond donors (Lipinski definition) is 3. The van der Waals surface area contributed by atoms with Crippen LogP contribution in [0.15, 0.2) is 54.6 Å². The zero-order chi connectivity index (χ0) is 23.9. The Morgan fingerprint density at radius 1 is 0.909 bits per heavy atom. The van der Waals surface area contributed by atoms with E-state index in [9.17, 15) is 14.4 Å². The van der Waals surface area contributed by atoms with Gasteiger partial charge in [-0.1, -0.05) is 56.5 Å². The highest BCUT2D eigenvalue weighted by Crippen LogP contribution is 2.13. The van der Waals surface area contributed by atoms with Gasteiger partial charge in [0.15, 0.2) is 0 Å². The summed E-state index contributed by atoms with van der Waals surface area (Å²) in [5, 5.41) is 2.69. The van der Waals surface area contributed by atoms with E-state index in [-0.39, 0.29) is 19.0 Å². The molecule has 0 aliphatic carbocycles. The molecule has 0 heterocycles. The minimum absolute atomic E-state index is 0.0377. The molecule has 0 unspecified atom stereocenters. The van der Waals surface area contributed by atoms with Crippen LogP contribution in [0.25, 0.3) is 0 Å². The first-order valence-corrected chi connectivity index (χ1v) is 11.3. The molecule has 0 fully saturated rings. The van der Waals surface area contributed by atoms with Crippen molar-refractivity contribution in [2.45, 2.75) is 45.6 Å². The van der Waals surface area contributed by atoms with Gasteiger partial charge in [-0.05, 0) is 36.2 Å². The molecule has 2 aromatic carbocycles. The van der Waals surface area contributed by atoms with E-state index in [1.807, 2.05) is 30.3 Å². The minimum atomic E-state index is -0.426. The highest BCUT2D eigenvalue weighted by atomic mass is 16.5. The van der Waals surface area contributed by atoms with Gasteiger partial charge in [-0.3, -0.25) is 20.4 Å². The molecule has 33 heavy (non-hydrogen) atoms. The van der Waals surface area contributed by atoms with Crippen molar-refractivity contribution < 1.29 is 19.1 Å². The Bertz CT molecular complexity index is 872. The van der Waals surface area contributed by atoms with Gasteiger partial charge < -0.3 is 15.0 Å². The number of hydrazine groups is 1. The Kier molecular flexibility index (Phi) is 11.3. The molecule has 8 heteroatoms. The summed E-state index contributed by atoms with van der Waals surface area (Å²) in [6, 6.07) is 16.1. The molecule has 2 rings (SSSR count). The van der Waals surface area contributed by atoms with Crippen molar-refractivity contribution in [1.29, 1.82) is 0 Å². The molecular weight excluding hydrogens is 420 g/mol. The summed E-state index contributed by atoms with van der Waals surface area (Å²) in [5.41, 5.74) is 6.16. The fourth-order valence-electron chi connectivity index (χ4n) is 3.03. The van der Waals surface area contributed by atoms with Crippen molar-refractivity contribution in [2.24, 2.45) is 0 Å². The standard InChI is InChI=1S/C25H34N4O4/c1-3-4-5-9-18-33-22-14-12-21(13-15-22)24(31)28-27-23(30)16-17-26-25(32)29(2)19-20-10-7-6-8-11-20/h6-8,10-15H,3-5,9,16-19H2,1-2H3,(H,26,32)(H,27,30)(H,28,31). The number of nitrogens with zero attached hydrogens (tertiary/aromatic N) is 1. The molecule has 2 aromatic rings. The minimum Gasteiger partial charge on any atom is -0.494 e. The van der Waals surface area contributed by atoms with Gasteiger partial charge in [0.05, 0.1) is 6.61 Å². The zero-order valence-electron chi connectivity index (χ0n) is 19.4. The van der Waals surface area contributed by atoms with Crippen LogP contribution in [0, 0.1) is 0 Å². The Balaban J connectivity index is 1.62. The summed E-state index contributed by atoms with van der Waals surface area (Å²) in [7, 11) is 1.69. The molecule has 0 spiro atoms. The highest BCUT2D eigenvalue weighted by Gasteiger charge is 2.11. The Hall–Kier alpha value is -3.55. The number of benzene rings is 2. The van der Waals surface area contributed by atoms with Crippen LogP contribution in [0.1, 0.15) is 54.9 Å². The third-order valence-electron chi connectivity index (χ3n) is 4.94. The molecule has 178 valence electrons. The molecule has 0 aliphatic heterocycles. The van der Waals surface area contributed by atoms with E-state index in [4.69, 9.17) is 4.74 Å². The van der Waals surface area contributed by atoms with E-state index in [1.165, 1.54) is 17.7 Å². The predicted octanol–water partition coefficient (Wildman–Crippen LogP) is 3.64. The van der Waals surface area contributed by atoms with Gasteiger partial charge in [-0.25, -0.2) is 4.79 Å². The van der Waals surface area contributed by atoms with Crippen molar-refractivity contribution in [3.05, 3.63) is 65.7 Å². The summed E-state index contributed by atoms with van der Waals surface area (Å²) in [4.78, 5) is 37.8. The number of rotatable bonds is 12. The third-order valence-corrected chi connectivity index (χ3v) is 4.94. The highest BCUT2D eigenvalue weighted by molar-refractivity contribution is 5.95. The van der Waals surface area contributed by atoms with Crippen molar-refractivity contribution in [3.8, 4) is 5.75 Å². The molecule has 0 atom stereocenters. The van der Waals surface area contributed by atoms with Crippen LogP contribution in [-0.2, 0) is 11.3 Å². The number of ether oxygens (including phenoxy) is 1. The fraction of sp³-hybridized carbons (Fsp3) is 0.400. The summed E-state index contributed by atoms with van der Waals surface area (Å²) in [6.45, 7) is 3.44. The molecular formula is C25H34N4O4. The van der Waals surface area contributed by atoms with E-state index in [0.29, 0.717) is 24.5 Å². The number of amides is 4. The monoisotopic (exact) mass is 454 g/mol. The van der Waals surface area contributed by atoms with E-state index >= 15 is 0 Å². The third kappa shape index (κ3) is 10.1. The zero-order valence-corrected chi connectivity index (χ0v) is 19.4. The molecule has 0 radical (unpaired) electrons. The van der Waals surface area contributed by atoms with Crippen LogP contribution in [0.4, 0.5) is 4.79 Å². The SMILES string of the molecule is CCCCCCOc1ccc(C(=O)NNC(=O)CCNC(=O)N(C)Cc2ccccc2)cc1. The maximum Gasteiger partial charge on any atom is 0.317 e. The van der Waals surface area contributed by atoms with Gasteiger partial charge in [0.2, 0.25) is 5.91 Å². The second-order valence-electron chi connectivity index (χ2n) is 7.76. The molecule has 0 aromatic heterocycles. The lowest BCUT2D eigenvalue weighted by Crippen LogP contribution is -2.43. The van der Waals surface area contributed by atoms with Crippen LogP contribution in [0.5, 0.6) is 5.75 Å². The van der Waals surface area contributed by atoms with E-state index in [0.717, 1.165) is 18.4 Å². The molecule has 8 nitrogen and oxygen atoms in total. The lowest BCUT2D eigenvalue weighted by molar-refractivity contribution is -0.121. The number of nitrogens with one attached hydrogen (secondary N) is 3. The van der Waals surface area contributed by atoms with Gasteiger partial charge in [0, 0.05) is 32.1 Å². The Labute approximate surface area is 195 Å². The average Bonchev–Trinajstić information content (AvgIpc) is 2.83. The number of carbonyl (C=O) groups excluding carboxylic acids is 3. The Morgan fingerprint density at radius 3 is 2.33 bits per heavy atom. The lowest BCUT2D eigenvalue weighted by Gasteiger charge is -2.18. The first-order chi connectivity index (χ1) is 16.0. The molecule has 3 N–H and O–H groups in total. The summed E-state index contributed by atoms with van der Waals surface area (Å²) < 4.78 is 5.66. The van der Waals surface area contributed by atoms with Gasteiger partial charge in [0.1, 0.15) is 5.75 Å². The van der Waals surface area contributed by atoms with E-state index < -0.39 is 11.8 Å².